The van der Waals surface area contributed by atoms with Crippen molar-refractivity contribution in [2.45, 2.75) is 32.7 Å². The number of nitrogens with one attached hydrogen (secondary N) is 1. The summed E-state index contributed by atoms with van der Waals surface area (Å²) < 4.78 is 1.81. The van der Waals surface area contributed by atoms with Crippen molar-refractivity contribution in [2.75, 3.05) is 0 Å². The average molecular weight is 334 g/mol. The van der Waals surface area contributed by atoms with Crippen molar-refractivity contribution in [3.8, 4) is 11.4 Å². The predicted molar refractivity (Wildman–Crippen MR) is 93.7 cm³/mol. The van der Waals surface area contributed by atoms with Crippen LogP contribution in [-0.4, -0.2) is 25.5 Å². The van der Waals surface area contributed by atoms with Crippen LogP contribution in [-0.2, 0) is 12.8 Å². The van der Waals surface area contributed by atoms with E-state index < -0.39 is 0 Å². The van der Waals surface area contributed by atoms with Gasteiger partial charge in [-0.2, -0.15) is 5.10 Å². The van der Waals surface area contributed by atoms with Crippen LogP contribution in [0.5, 0.6) is 0 Å². The summed E-state index contributed by atoms with van der Waals surface area (Å²) >= 11 is 0. The fourth-order valence-corrected chi connectivity index (χ4v) is 3.57. The first-order valence-electron chi connectivity index (χ1n) is 8.26. The molecule has 2 aromatic heterocycles. The minimum atomic E-state index is -0.257. The smallest absolute Gasteiger partial charge is 0.259 e. The molecule has 25 heavy (non-hydrogen) atoms. The number of hydrogen-bond donors (Lipinski definition) is 1. The number of pyridine rings is 1. The first-order valence-corrected chi connectivity index (χ1v) is 8.26. The molecule has 4 rings (SSSR count). The highest BCUT2D eigenvalue weighted by molar-refractivity contribution is 5.96. The van der Waals surface area contributed by atoms with E-state index in [2.05, 4.69) is 27.2 Å². The van der Waals surface area contributed by atoms with E-state index in [1.807, 2.05) is 16.8 Å². The van der Waals surface area contributed by atoms with Crippen LogP contribution in [0.4, 0.5) is 0 Å². The SMILES string of the molecule is CC(=O)c1cc(-c2ncnn2C2Cc3ccccc3C2)c(=O)[nH]c1C. The van der Waals surface area contributed by atoms with Crippen LogP contribution in [0, 0.1) is 6.92 Å². The molecule has 1 aliphatic carbocycles. The maximum Gasteiger partial charge on any atom is 0.259 e. The van der Waals surface area contributed by atoms with Crippen LogP contribution in [0.3, 0.4) is 0 Å². The molecule has 0 amide bonds. The summed E-state index contributed by atoms with van der Waals surface area (Å²) in [7, 11) is 0. The van der Waals surface area contributed by atoms with Gasteiger partial charge in [0.1, 0.15) is 6.33 Å². The molecule has 1 aliphatic rings. The number of nitrogens with zero attached hydrogens (tertiary/aromatic N) is 3. The largest absolute Gasteiger partial charge is 0.325 e. The van der Waals surface area contributed by atoms with Crippen molar-refractivity contribution in [1.29, 1.82) is 0 Å². The number of hydrogen-bond acceptors (Lipinski definition) is 4. The molecule has 0 aliphatic heterocycles. The summed E-state index contributed by atoms with van der Waals surface area (Å²) in [6.45, 7) is 3.21. The fourth-order valence-electron chi connectivity index (χ4n) is 3.57. The van der Waals surface area contributed by atoms with E-state index in [0.29, 0.717) is 22.6 Å². The van der Waals surface area contributed by atoms with Gasteiger partial charge in [0.15, 0.2) is 11.6 Å². The molecule has 6 heteroatoms. The van der Waals surface area contributed by atoms with Gasteiger partial charge in [0, 0.05) is 11.3 Å². The molecule has 2 heterocycles. The molecule has 0 spiro atoms. The van der Waals surface area contributed by atoms with Crippen LogP contribution in [0.25, 0.3) is 11.4 Å². The van der Waals surface area contributed by atoms with E-state index in [-0.39, 0.29) is 17.4 Å². The second-order valence-electron chi connectivity index (χ2n) is 6.47. The normalized spacial score (nSPS) is 13.8. The Morgan fingerprint density at radius 3 is 2.56 bits per heavy atom. The Bertz CT molecular complexity index is 1010. The Kier molecular flexibility index (Phi) is 3.60. The summed E-state index contributed by atoms with van der Waals surface area (Å²) in [6.07, 6.45) is 3.18. The fraction of sp³-hybridized carbons (Fsp3) is 0.263. The first kappa shape index (κ1) is 15.5. The Balaban J connectivity index is 1.78. The zero-order valence-corrected chi connectivity index (χ0v) is 14.1. The van der Waals surface area contributed by atoms with Gasteiger partial charge in [0.25, 0.3) is 5.56 Å². The van der Waals surface area contributed by atoms with Gasteiger partial charge in [-0.05, 0) is 43.9 Å². The van der Waals surface area contributed by atoms with Crippen LogP contribution in [0.15, 0.2) is 41.5 Å². The minimum absolute atomic E-state index is 0.0886. The van der Waals surface area contributed by atoms with Gasteiger partial charge in [-0.1, -0.05) is 24.3 Å². The van der Waals surface area contributed by atoms with Crippen molar-refractivity contribution in [3.05, 3.63) is 69.4 Å². The van der Waals surface area contributed by atoms with E-state index >= 15 is 0 Å². The van der Waals surface area contributed by atoms with Crippen molar-refractivity contribution in [3.63, 3.8) is 0 Å². The van der Waals surface area contributed by atoms with Gasteiger partial charge in [-0.15, -0.1) is 0 Å². The van der Waals surface area contributed by atoms with Crippen molar-refractivity contribution < 1.29 is 4.79 Å². The quantitative estimate of drug-likeness (QED) is 0.746. The number of carbonyl (C=O) groups is 1. The molecule has 0 radical (unpaired) electrons. The van der Waals surface area contributed by atoms with E-state index in [1.165, 1.54) is 24.4 Å². The van der Waals surface area contributed by atoms with Gasteiger partial charge in [0.05, 0.1) is 11.6 Å². The Morgan fingerprint density at radius 1 is 1.24 bits per heavy atom. The monoisotopic (exact) mass is 334 g/mol. The zero-order chi connectivity index (χ0) is 17.6. The third kappa shape index (κ3) is 2.59. The lowest BCUT2D eigenvalue weighted by molar-refractivity contribution is 0.101. The highest BCUT2D eigenvalue weighted by Crippen LogP contribution is 2.31. The molecule has 126 valence electrons. The lowest BCUT2D eigenvalue weighted by Crippen LogP contribution is -2.19. The van der Waals surface area contributed by atoms with E-state index in [4.69, 9.17) is 0 Å². The summed E-state index contributed by atoms with van der Waals surface area (Å²) in [5.41, 5.74) is 3.79. The molecular weight excluding hydrogens is 316 g/mol. The molecule has 0 unspecified atom stereocenters. The minimum Gasteiger partial charge on any atom is -0.325 e. The number of Topliss-reactive ketones (excluding diaryl/α,β-unsaturated/α-hetero) is 1. The third-order valence-electron chi connectivity index (χ3n) is 4.81. The molecule has 0 bridgehead atoms. The van der Waals surface area contributed by atoms with Crippen LogP contribution >= 0.6 is 0 Å². The number of H-pyrrole nitrogens is 1. The summed E-state index contributed by atoms with van der Waals surface area (Å²) in [4.78, 5) is 31.3. The number of fused-ring (bicyclic) bond motifs is 1. The number of aromatic nitrogens is 4. The lowest BCUT2D eigenvalue weighted by atomic mass is 10.1. The number of rotatable bonds is 3. The molecule has 1 N–H and O–H groups in total. The maximum absolute atomic E-state index is 12.5. The van der Waals surface area contributed by atoms with Crippen LogP contribution in [0.2, 0.25) is 0 Å². The molecule has 0 saturated carbocycles. The molecule has 1 aromatic carbocycles. The van der Waals surface area contributed by atoms with Gasteiger partial charge in [0.2, 0.25) is 0 Å². The highest BCUT2D eigenvalue weighted by Gasteiger charge is 2.26. The van der Waals surface area contributed by atoms with E-state index in [9.17, 15) is 9.59 Å². The number of benzene rings is 1. The predicted octanol–water partition coefficient (Wildman–Crippen LogP) is 2.48. The molecule has 3 aromatic rings. The van der Waals surface area contributed by atoms with E-state index in [1.54, 1.807) is 13.0 Å². The van der Waals surface area contributed by atoms with Crippen molar-refractivity contribution >= 4 is 5.78 Å². The van der Waals surface area contributed by atoms with Crippen LogP contribution in [0.1, 0.15) is 40.1 Å². The number of aryl methyl sites for hydroxylation is 1. The maximum atomic E-state index is 12.5. The Morgan fingerprint density at radius 2 is 1.92 bits per heavy atom. The standard InChI is InChI=1S/C19H18N4O2/c1-11-16(12(2)24)9-17(19(25)22-11)18-20-10-21-23(18)15-7-13-5-3-4-6-14(13)8-15/h3-6,9-10,15H,7-8H2,1-2H3,(H,22,25). The zero-order valence-electron chi connectivity index (χ0n) is 14.1. The third-order valence-corrected chi connectivity index (χ3v) is 4.81. The summed E-state index contributed by atoms with van der Waals surface area (Å²) in [5, 5.41) is 4.36. The molecular formula is C19H18N4O2. The van der Waals surface area contributed by atoms with Gasteiger partial charge < -0.3 is 4.98 Å². The number of aromatic amines is 1. The molecule has 0 fully saturated rings. The van der Waals surface area contributed by atoms with E-state index in [0.717, 1.165) is 12.8 Å². The van der Waals surface area contributed by atoms with Gasteiger partial charge >= 0.3 is 0 Å². The lowest BCUT2D eigenvalue weighted by Gasteiger charge is -2.13. The molecule has 0 saturated heterocycles. The Labute approximate surface area is 144 Å². The summed E-state index contributed by atoms with van der Waals surface area (Å²) in [6, 6.07) is 10.1. The number of carbonyl (C=O) groups excluding carboxylic acids is 1. The van der Waals surface area contributed by atoms with Crippen LogP contribution < -0.4 is 5.56 Å². The Hall–Kier alpha value is -3.02. The second kappa shape index (κ2) is 5.81. The molecule has 6 nitrogen and oxygen atoms in total. The number of ketones is 1. The second-order valence-corrected chi connectivity index (χ2v) is 6.47. The average Bonchev–Trinajstić information content (AvgIpc) is 3.20. The van der Waals surface area contributed by atoms with Gasteiger partial charge in [-0.3, -0.25) is 9.59 Å². The first-order chi connectivity index (χ1) is 12.0. The molecule has 0 atom stereocenters. The topological polar surface area (TPSA) is 80.6 Å². The van der Waals surface area contributed by atoms with Crippen molar-refractivity contribution in [1.82, 2.24) is 19.7 Å². The highest BCUT2D eigenvalue weighted by atomic mass is 16.1. The van der Waals surface area contributed by atoms with Gasteiger partial charge in [-0.25, -0.2) is 9.67 Å². The summed E-state index contributed by atoms with van der Waals surface area (Å²) in [5.74, 6) is 0.413. The van der Waals surface area contributed by atoms with Crippen molar-refractivity contribution in [2.24, 2.45) is 0 Å².